The van der Waals surface area contributed by atoms with Gasteiger partial charge in [0.05, 0.1) is 12.7 Å². The molecule has 0 aromatic rings. The summed E-state index contributed by atoms with van der Waals surface area (Å²) >= 11 is 0. The van der Waals surface area contributed by atoms with Gasteiger partial charge in [-0.05, 0) is 25.7 Å². The average Bonchev–Trinajstić information content (AvgIpc) is 2.13. The lowest BCUT2D eigenvalue weighted by Gasteiger charge is -2.23. The van der Waals surface area contributed by atoms with E-state index in [1.165, 1.54) is 7.11 Å². The highest BCUT2D eigenvalue weighted by molar-refractivity contribution is 5.69. The fourth-order valence-corrected chi connectivity index (χ4v) is 1.49. The number of hydrogen-bond donors (Lipinski definition) is 1. The number of esters is 1. The number of methoxy groups -OCH3 is 1. The van der Waals surface area contributed by atoms with E-state index in [0.29, 0.717) is 18.8 Å². The van der Waals surface area contributed by atoms with E-state index in [4.69, 9.17) is 0 Å². The lowest BCUT2D eigenvalue weighted by molar-refractivity contribution is -0.142. The van der Waals surface area contributed by atoms with Crippen LogP contribution in [-0.2, 0) is 9.53 Å². The number of hydrogen-bond acceptors (Lipinski definition) is 3. The van der Waals surface area contributed by atoms with Crippen molar-refractivity contribution < 1.29 is 14.6 Å². The minimum absolute atomic E-state index is 0.251. The summed E-state index contributed by atoms with van der Waals surface area (Å²) in [6.45, 7) is 6.13. The maximum Gasteiger partial charge on any atom is 0.305 e. The molecule has 0 aromatic carbocycles. The van der Waals surface area contributed by atoms with E-state index < -0.39 is 5.60 Å². The number of rotatable bonds is 7. The van der Waals surface area contributed by atoms with Crippen molar-refractivity contribution in [1.82, 2.24) is 0 Å². The average molecular weight is 216 g/mol. The van der Waals surface area contributed by atoms with E-state index in [9.17, 15) is 9.90 Å². The van der Waals surface area contributed by atoms with Gasteiger partial charge in [0.2, 0.25) is 0 Å². The van der Waals surface area contributed by atoms with E-state index in [2.05, 4.69) is 18.6 Å². The Bertz CT molecular complexity index is 185. The van der Waals surface area contributed by atoms with E-state index in [0.717, 1.165) is 19.3 Å². The van der Waals surface area contributed by atoms with Crippen LogP contribution in [0, 0.1) is 5.92 Å². The fourth-order valence-electron chi connectivity index (χ4n) is 1.49. The summed E-state index contributed by atoms with van der Waals surface area (Å²) in [5, 5.41) is 9.96. The molecule has 0 radical (unpaired) electrons. The van der Waals surface area contributed by atoms with Gasteiger partial charge in [-0.2, -0.15) is 0 Å². The molecule has 0 spiro atoms. The largest absolute Gasteiger partial charge is 0.469 e. The molecular weight excluding hydrogens is 192 g/mol. The normalized spacial score (nSPS) is 15.1. The Morgan fingerprint density at radius 3 is 2.47 bits per heavy atom. The summed E-state index contributed by atoms with van der Waals surface area (Å²) in [5.74, 6) is 0.417. The second kappa shape index (κ2) is 6.83. The first-order valence-corrected chi connectivity index (χ1v) is 5.66. The van der Waals surface area contributed by atoms with Crippen LogP contribution in [0.5, 0.6) is 0 Å². The lowest BCUT2D eigenvalue weighted by Crippen LogP contribution is -2.25. The fraction of sp³-hybridized carbons (Fsp3) is 0.917. The van der Waals surface area contributed by atoms with Crippen LogP contribution in [0.25, 0.3) is 0 Å². The summed E-state index contributed by atoms with van der Waals surface area (Å²) in [6.07, 6.45) is 3.66. The van der Waals surface area contributed by atoms with E-state index >= 15 is 0 Å². The molecule has 0 bridgehead atoms. The van der Waals surface area contributed by atoms with Crippen LogP contribution in [0.2, 0.25) is 0 Å². The molecule has 15 heavy (non-hydrogen) atoms. The van der Waals surface area contributed by atoms with E-state index in [-0.39, 0.29) is 5.97 Å². The van der Waals surface area contributed by atoms with Gasteiger partial charge in [0.25, 0.3) is 0 Å². The number of carbonyl (C=O) groups excluding carboxylic acids is 1. The van der Waals surface area contributed by atoms with Crippen molar-refractivity contribution in [3.8, 4) is 0 Å². The summed E-state index contributed by atoms with van der Waals surface area (Å²) in [7, 11) is 1.37. The maximum absolute atomic E-state index is 10.9. The Morgan fingerprint density at radius 1 is 1.40 bits per heavy atom. The maximum atomic E-state index is 10.9. The Hall–Kier alpha value is -0.570. The van der Waals surface area contributed by atoms with E-state index in [1.807, 2.05) is 0 Å². The molecule has 1 unspecified atom stereocenters. The molecule has 0 heterocycles. The van der Waals surface area contributed by atoms with Crippen LogP contribution < -0.4 is 0 Å². The molecule has 0 amide bonds. The van der Waals surface area contributed by atoms with Gasteiger partial charge in [-0.3, -0.25) is 4.79 Å². The van der Waals surface area contributed by atoms with Crippen molar-refractivity contribution in [3.05, 3.63) is 0 Å². The molecule has 90 valence electrons. The summed E-state index contributed by atoms with van der Waals surface area (Å²) in [6, 6.07) is 0. The molecule has 0 rings (SSSR count). The van der Waals surface area contributed by atoms with Crippen LogP contribution in [0.1, 0.15) is 52.9 Å². The minimum Gasteiger partial charge on any atom is -0.469 e. The van der Waals surface area contributed by atoms with Crippen LogP contribution in [-0.4, -0.2) is 23.8 Å². The topological polar surface area (TPSA) is 46.5 Å². The Morgan fingerprint density at radius 2 is 2.00 bits per heavy atom. The number of aliphatic hydroxyl groups is 1. The monoisotopic (exact) mass is 216 g/mol. The molecule has 1 atom stereocenters. The van der Waals surface area contributed by atoms with Gasteiger partial charge < -0.3 is 9.84 Å². The van der Waals surface area contributed by atoms with Gasteiger partial charge in [-0.1, -0.05) is 26.7 Å². The van der Waals surface area contributed by atoms with Crippen LogP contribution in [0.15, 0.2) is 0 Å². The zero-order chi connectivity index (χ0) is 11.9. The van der Waals surface area contributed by atoms with Gasteiger partial charge in [0, 0.05) is 6.42 Å². The Balaban J connectivity index is 3.71. The minimum atomic E-state index is -0.733. The zero-order valence-electron chi connectivity index (χ0n) is 10.4. The lowest BCUT2D eigenvalue weighted by atomic mass is 9.92. The van der Waals surface area contributed by atoms with Gasteiger partial charge in [-0.15, -0.1) is 0 Å². The Labute approximate surface area is 92.8 Å². The first-order chi connectivity index (χ1) is 6.87. The van der Waals surface area contributed by atoms with Gasteiger partial charge >= 0.3 is 5.97 Å². The molecular formula is C12H24O3. The third kappa shape index (κ3) is 8.43. The molecule has 0 aliphatic rings. The van der Waals surface area contributed by atoms with E-state index in [1.54, 1.807) is 6.92 Å². The van der Waals surface area contributed by atoms with Crippen LogP contribution >= 0.6 is 0 Å². The first kappa shape index (κ1) is 14.4. The highest BCUT2D eigenvalue weighted by atomic mass is 16.5. The summed E-state index contributed by atoms with van der Waals surface area (Å²) in [5.41, 5.74) is -0.733. The van der Waals surface area contributed by atoms with Crippen molar-refractivity contribution >= 4 is 5.97 Å². The quantitative estimate of drug-likeness (QED) is 0.665. The van der Waals surface area contributed by atoms with Crippen molar-refractivity contribution in [1.29, 1.82) is 0 Å². The van der Waals surface area contributed by atoms with Gasteiger partial charge in [-0.25, -0.2) is 0 Å². The smallest absolute Gasteiger partial charge is 0.305 e. The molecule has 0 aliphatic carbocycles. The van der Waals surface area contributed by atoms with Crippen LogP contribution in [0.3, 0.4) is 0 Å². The number of ether oxygens (including phenoxy) is 1. The standard InChI is InChI=1S/C12H24O3/c1-10(2)6-5-8-12(3,14)9-7-11(13)15-4/h10,14H,5-9H2,1-4H3. The molecule has 1 N–H and O–H groups in total. The van der Waals surface area contributed by atoms with Gasteiger partial charge in [0.15, 0.2) is 0 Å². The molecule has 3 nitrogen and oxygen atoms in total. The molecule has 0 saturated heterocycles. The van der Waals surface area contributed by atoms with Crippen molar-refractivity contribution in [3.63, 3.8) is 0 Å². The molecule has 0 aromatic heterocycles. The molecule has 0 aliphatic heterocycles. The second-order valence-corrected chi connectivity index (χ2v) is 4.86. The highest BCUT2D eigenvalue weighted by Gasteiger charge is 2.21. The first-order valence-electron chi connectivity index (χ1n) is 5.66. The SMILES string of the molecule is COC(=O)CCC(C)(O)CCCC(C)C. The van der Waals surface area contributed by atoms with Gasteiger partial charge in [0.1, 0.15) is 0 Å². The predicted molar refractivity (Wildman–Crippen MR) is 60.6 cm³/mol. The summed E-state index contributed by atoms with van der Waals surface area (Å²) in [4.78, 5) is 10.9. The summed E-state index contributed by atoms with van der Waals surface area (Å²) < 4.78 is 4.54. The molecule has 0 fully saturated rings. The van der Waals surface area contributed by atoms with Crippen molar-refractivity contribution in [2.45, 2.75) is 58.5 Å². The third-order valence-corrected chi connectivity index (χ3v) is 2.59. The van der Waals surface area contributed by atoms with Crippen molar-refractivity contribution in [2.24, 2.45) is 5.92 Å². The Kier molecular flexibility index (Phi) is 6.57. The zero-order valence-corrected chi connectivity index (χ0v) is 10.4. The second-order valence-electron chi connectivity index (χ2n) is 4.86. The highest BCUT2D eigenvalue weighted by Crippen LogP contribution is 2.21. The predicted octanol–water partition coefficient (Wildman–Crippen LogP) is 2.52. The molecule has 3 heteroatoms. The van der Waals surface area contributed by atoms with Crippen molar-refractivity contribution in [2.75, 3.05) is 7.11 Å². The third-order valence-electron chi connectivity index (χ3n) is 2.59. The number of carbonyl (C=O) groups is 1. The van der Waals surface area contributed by atoms with Crippen LogP contribution in [0.4, 0.5) is 0 Å². The molecule has 0 saturated carbocycles.